The lowest BCUT2D eigenvalue weighted by Gasteiger charge is -2.06. The Kier molecular flexibility index (Phi) is 4.25. The van der Waals surface area contributed by atoms with Crippen LogP contribution in [0.2, 0.25) is 0 Å². The Hall–Kier alpha value is -3.04. The van der Waals surface area contributed by atoms with Crippen LogP contribution in [0.4, 0.5) is 18.9 Å². The number of hydrogen-bond donors (Lipinski definition) is 3. The van der Waals surface area contributed by atoms with Crippen molar-refractivity contribution in [1.29, 1.82) is 0 Å². The number of alkyl halides is 3. The first kappa shape index (κ1) is 16.3. The fourth-order valence-corrected chi connectivity index (χ4v) is 1.69. The Morgan fingerprint density at radius 2 is 2.09 bits per heavy atom. The summed E-state index contributed by atoms with van der Waals surface area (Å²) in [6, 6.07) is 5.40. The molecule has 0 aliphatic rings. The number of aromatic amines is 1. The number of oxime groups is 1. The lowest BCUT2D eigenvalue weighted by molar-refractivity contribution is -0.141. The SMILES string of the molecule is Cc1c(N)cccc1/C(N)=N/OC(=O)c1cc(C(F)(F)F)[nH]n1. The molecule has 0 aliphatic carbocycles. The molecule has 2 rings (SSSR count). The molecule has 122 valence electrons. The molecule has 2 aromatic rings. The van der Waals surface area contributed by atoms with Gasteiger partial charge in [-0.05, 0) is 18.6 Å². The molecule has 5 N–H and O–H groups in total. The number of amidine groups is 1. The lowest BCUT2D eigenvalue weighted by atomic mass is 10.1. The highest BCUT2D eigenvalue weighted by atomic mass is 19.4. The van der Waals surface area contributed by atoms with Crippen molar-refractivity contribution < 1.29 is 22.8 Å². The van der Waals surface area contributed by atoms with Crippen LogP contribution in [0.25, 0.3) is 0 Å². The number of nitrogens with one attached hydrogen (secondary N) is 1. The first-order valence-corrected chi connectivity index (χ1v) is 6.23. The topological polar surface area (TPSA) is 119 Å². The number of aromatic nitrogens is 2. The number of anilines is 1. The number of nitrogens with two attached hydrogens (primary N) is 2. The van der Waals surface area contributed by atoms with E-state index in [1.165, 1.54) is 0 Å². The maximum atomic E-state index is 12.4. The molecule has 0 aliphatic heterocycles. The van der Waals surface area contributed by atoms with Crippen molar-refractivity contribution in [1.82, 2.24) is 10.2 Å². The summed E-state index contributed by atoms with van der Waals surface area (Å²) in [5.74, 6) is -1.32. The third-order valence-electron chi connectivity index (χ3n) is 2.97. The summed E-state index contributed by atoms with van der Waals surface area (Å²) in [7, 11) is 0. The van der Waals surface area contributed by atoms with Crippen LogP contribution in [0.1, 0.15) is 27.3 Å². The number of halogens is 3. The minimum Gasteiger partial charge on any atom is -0.398 e. The van der Waals surface area contributed by atoms with Crippen LogP contribution in [-0.2, 0) is 11.0 Å². The number of carbonyl (C=O) groups excluding carboxylic acids is 1. The second-order valence-electron chi connectivity index (χ2n) is 4.54. The number of carbonyl (C=O) groups is 1. The Morgan fingerprint density at radius 1 is 1.39 bits per heavy atom. The van der Waals surface area contributed by atoms with Crippen LogP contribution >= 0.6 is 0 Å². The number of rotatable bonds is 3. The van der Waals surface area contributed by atoms with E-state index in [4.69, 9.17) is 11.5 Å². The van der Waals surface area contributed by atoms with Gasteiger partial charge in [0.25, 0.3) is 0 Å². The molecule has 0 unspecified atom stereocenters. The Bertz CT molecular complexity index is 767. The van der Waals surface area contributed by atoms with Gasteiger partial charge in [0, 0.05) is 17.3 Å². The van der Waals surface area contributed by atoms with E-state index in [1.54, 1.807) is 30.2 Å². The van der Waals surface area contributed by atoms with Crippen molar-refractivity contribution >= 4 is 17.5 Å². The van der Waals surface area contributed by atoms with Gasteiger partial charge in [-0.3, -0.25) is 5.10 Å². The summed E-state index contributed by atoms with van der Waals surface area (Å²) < 4.78 is 37.2. The van der Waals surface area contributed by atoms with Crippen LogP contribution in [0, 0.1) is 6.92 Å². The van der Waals surface area contributed by atoms with Gasteiger partial charge in [0.1, 0.15) is 5.69 Å². The summed E-state index contributed by atoms with van der Waals surface area (Å²) in [5, 5.41) is 8.30. The van der Waals surface area contributed by atoms with Crippen molar-refractivity contribution in [2.45, 2.75) is 13.1 Å². The molecule has 1 aromatic carbocycles. The van der Waals surface area contributed by atoms with Crippen LogP contribution in [0.5, 0.6) is 0 Å². The monoisotopic (exact) mass is 327 g/mol. The smallest absolute Gasteiger partial charge is 0.398 e. The fraction of sp³-hybridized carbons (Fsp3) is 0.154. The quantitative estimate of drug-likeness (QED) is 0.261. The summed E-state index contributed by atoms with van der Waals surface area (Å²) in [5.41, 5.74) is 11.2. The van der Waals surface area contributed by atoms with Gasteiger partial charge in [-0.15, -0.1) is 0 Å². The second-order valence-corrected chi connectivity index (χ2v) is 4.54. The van der Waals surface area contributed by atoms with Gasteiger partial charge in [-0.25, -0.2) is 4.79 Å². The van der Waals surface area contributed by atoms with Crippen molar-refractivity contribution in [3.8, 4) is 0 Å². The fourth-order valence-electron chi connectivity index (χ4n) is 1.69. The van der Waals surface area contributed by atoms with Crippen molar-refractivity contribution in [3.63, 3.8) is 0 Å². The molecule has 0 bridgehead atoms. The normalized spacial score (nSPS) is 12.3. The third-order valence-corrected chi connectivity index (χ3v) is 2.97. The van der Waals surface area contributed by atoms with Crippen molar-refractivity contribution in [2.24, 2.45) is 10.9 Å². The third kappa shape index (κ3) is 3.59. The van der Waals surface area contributed by atoms with Gasteiger partial charge in [-0.2, -0.15) is 18.3 Å². The zero-order valence-corrected chi connectivity index (χ0v) is 11.8. The molecular formula is C13H12F3N5O2. The van der Waals surface area contributed by atoms with E-state index in [2.05, 4.69) is 15.1 Å². The molecule has 23 heavy (non-hydrogen) atoms. The number of benzene rings is 1. The van der Waals surface area contributed by atoms with Gasteiger partial charge >= 0.3 is 12.1 Å². The molecule has 0 amide bonds. The van der Waals surface area contributed by atoms with Crippen LogP contribution in [-0.4, -0.2) is 22.0 Å². The van der Waals surface area contributed by atoms with Crippen molar-refractivity contribution in [2.75, 3.05) is 5.73 Å². The molecule has 0 spiro atoms. The summed E-state index contributed by atoms with van der Waals surface area (Å²) in [6.07, 6.45) is -4.65. The van der Waals surface area contributed by atoms with E-state index in [9.17, 15) is 18.0 Å². The average molecular weight is 327 g/mol. The lowest BCUT2D eigenvalue weighted by Crippen LogP contribution is -2.17. The predicted molar refractivity (Wildman–Crippen MR) is 75.3 cm³/mol. The molecular weight excluding hydrogens is 315 g/mol. The molecule has 0 atom stereocenters. The number of H-pyrrole nitrogens is 1. The Morgan fingerprint density at radius 3 is 2.70 bits per heavy atom. The molecule has 0 fully saturated rings. The molecule has 0 saturated heterocycles. The minimum absolute atomic E-state index is 0.144. The summed E-state index contributed by atoms with van der Waals surface area (Å²) >= 11 is 0. The highest BCUT2D eigenvalue weighted by Crippen LogP contribution is 2.27. The van der Waals surface area contributed by atoms with Crippen LogP contribution in [0.15, 0.2) is 29.4 Å². The van der Waals surface area contributed by atoms with Gasteiger partial charge < -0.3 is 16.3 Å². The highest BCUT2D eigenvalue weighted by Gasteiger charge is 2.34. The molecule has 1 heterocycles. The maximum Gasteiger partial charge on any atom is 0.432 e. The standard InChI is InChI=1S/C13H12F3N5O2/c1-6-7(3-2-4-8(6)17)11(18)21-23-12(22)9-5-10(20-19-9)13(14,15)16/h2-5H,17H2,1H3,(H2,18,21)(H,19,20). The van der Waals surface area contributed by atoms with E-state index in [1.807, 2.05) is 0 Å². The zero-order chi connectivity index (χ0) is 17.2. The molecule has 0 radical (unpaired) electrons. The first-order valence-electron chi connectivity index (χ1n) is 6.23. The van der Waals surface area contributed by atoms with Crippen LogP contribution < -0.4 is 11.5 Å². The van der Waals surface area contributed by atoms with E-state index >= 15 is 0 Å². The Balaban J connectivity index is 2.14. The second kappa shape index (κ2) is 5.99. The van der Waals surface area contributed by atoms with Gasteiger partial charge in [0.05, 0.1) is 0 Å². The van der Waals surface area contributed by atoms with E-state index in [-0.39, 0.29) is 5.84 Å². The van der Waals surface area contributed by atoms with E-state index in [0.717, 1.165) is 0 Å². The van der Waals surface area contributed by atoms with Crippen LogP contribution in [0.3, 0.4) is 0 Å². The number of nitrogen functional groups attached to an aromatic ring is 1. The molecule has 7 nitrogen and oxygen atoms in total. The largest absolute Gasteiger partial charge is 0.432 e. The molecule has 0 saturated carbocycles. The van der Waals surface area contributed by atoms with Crippen molar-refractivity contribution in [3.05, 3.63) is 46.8 Å². The zero-order valence-electron chi connectivity index (χ0n) is 11.8. The predicted octanol–water partition coefficient (Wildman–Crippen LogP) is 1.80. The summed E-state index contributed by atoms with van der Waals surface area (Å²) in [4.78, 5) is 16.1. The number of nitrogens with zero attached hydrogens (tertiary/aromatic N) is 2. The van der Waals surface area contributed by atoms with Gasteiger partial charge in [0.15, 0.2) is 11.5 Å². The maximum absolute atomic E-state index is 12.4. The summed E-state index contributed by atoms with van der Waals surface area (Å²) in [6.45, 7) is 1.69. The van der Waals surface area contributed by atoms with Gasteiger partial charge in [-0.1, -0.05) is 17.3 Å². The molecule has 10 heteroatoms. The highest BCUT2D eigenvalue weighted by molar-refractivity contribution is 6.00. The Labute approximate surface area is 128 Å². The molecule has 1 aromatic heterocycles. The average Bonchev–Trinajstić information content (AvgIpc) is 2.97. The number of hydrogen-bond acceptors (Lipinski definition) is 5. The minimum atomic E-state index is -4.65. The van der Waals surface area contributed by atoms with E-state index < -0.39 is 23.5 Å². The van der Waals surface area contributed by atoms with Gasteiger partial charge in [0.2, 0.25) is 0 Å². The first-order chi connectivity index (χ1) is 10.7. The van der Waals surface area contributed by atoms with E-state index in [0.29, 0.717) is 22.9 Å².